The van der Waals surface area contributed by atoms with Gasteiger partial charge in [0.1, 0.15) is 0 Å². The lowest BCUT2D eigenvalue weighted by molar-refractivity contribution is -0.141. The fraction of sp³-hybridized carbons (Fsp3) is 0.611. The number of thiophene rings is 1. The van der Waals surface area contributed by atoms with Crippen molar-refractivity contribution in [1.82, 2.24) is 9.97 Å². The van der Waals surface area contributed by atoms with E-state index in [2.05, 4.69) is 28.2 Å². The van der Waals surface area contributed by atoms with Gasteiger partial charge in [0.25, 0.3) is 0 Å². The fourth-order valence-electron chi connectivity index (χ4n) is 4.69. The third kappa shape index (κ3) is 2.39. The number of rotatable bonds is 4. The summed E-state index contributed by atoms with van der Waals surface area (Å²) in [5, 5.41) is 11.2. The smallest absolute Gasteiger partial charge is 0.303 e. The van der Waals surface area contributed by atoms with Crippen LogP contribution in [0.4, 0.5) is 11.8 Å². The van der Waals surface area contributed by atoms with Crippen molar-refractivity contribution in [3.05, 3.63) is 11.4 Å². The lowest BCUT2D eigenvalue weighted by Gasteiger charge is -2.53. The van der Waals surface area contributed by atoms with Crippen LogP contribution in [0.25, 0.3) is 10.2 Å². The van der Waals surface area contributed by atoms with Gasteiger partial charge in [-0.25, -0.2) is 4.98 Å². The minimum Gasteiger partial charge on any atom is -0.481 e. The second-order valence-electron chi connectivity index (χ2n) is 7.74. The molecule has 5 heterocycles. The van der Waals surface area contributed by atoms with Crippen LogP contribution in [-0.4, -0.2) is 46.7 Å². The van der Waals surface area contributed by atoms with Gasteiger partial charge in [0.2, 0.25) is 5.95 Å². The minimum atomic E-state index is -0.662. The van der Waals surface area contributed by atoms with Gasteiger partial charge in [0.15, 0.2) is 5.82 Å². The Morgan fingerprint density at radius 3 is 2.80 bits per heavy atom. The molecule has 1 saturated carbocycles. The molecule has 6 nitrogen and oxygen atoms in total. The Bertz CT molecular complexity index is 826. The molecule has 0 unspecified atom stereocenters. The van der Waals surface area contributed by atoms with Gasteiger partial charge in [-0.3, -0.25) is 4.79 Å². The fourth-order valence-corrected chi connectivity index (χ4v) is 5.54. The SMILES string of the molecule is C[C@H]1CCN1c1nc(N2C[C@H]3C[C@@H](C2)[C@@H]3CC(=O)O)c2sccc2n1. The molecule has 25 heavy (non-hydrogen) atoms. The predicted molar refractivity (Wildman–Crippen MR) is 98.4 cm³/mol. The third-order valence-corrected chi connectivity index (χ3v) is 7.19. The van der Waals surface area contributed by atoms with Crippen LogP contribution in [0, 0.1) is 17.8 Å². The zero-order chi connectivity index (χ0) is 17.1. The van der Waals surface area contributed by atoms with Crippen LogP contribution in [-0.2, 0) is 4.79 Å². The summed E-state index contributed by atoms with van der Waals surface area (Å²) in [6.45, 7) is 5.10. The van der Waals surface area contributed by atoms with Crippen molar-refractivity contribution >= 4 is 39.3 Å². The van der Waals surface area contributed by atoms with Crippen molar-refractivity contribution in [2.24, 2.45) is 17.8 Å². The molecule has 1 aliphatic carbocycles. The Morgan fingerprint density at radius 1 is 1.36 bits per heavy atom. The monoisotopic (exact) mass is 358 g/mol. The molecular formula is C18H22N4O2S. The van der Waals surface area contributed by atoms with Crippen LogP contribution in [0.2, 0.25) is 0 Å². The Kier molecular flexibility index (Phi) is 3.42. The van der Waals surface area contributed by atoms with Crippen molar-refractivity contribution in [1.29, 1.82) is 0 Å². The molecule has 3 saturated heterocycles. The second-order valence-corrected chi connectivity index (χ2v) is 8.65. The average molecular weight is 358 g/mol. The molecule has 2 bridgehead atoms. The van der Waals surface area contributed by atoms with E-state index < -0.39 is 5.97 Å². The number of hydrogen-bond donors (Lipinski definition) is 1. The highest BCUT2D eigenvalue weighted by atomic mass is 32.1. The van der Waals surface area contributed by atoms with Gasteiger partial charge in [-0.1, -0.05) is 0 Å². The Hall–Kier alpha value is -1.89. The van der Waals surface area contributed by atoms with Crippen molar-refractivity contribution in [3.8, 4) is 0 Å². The number of aliphatic carboxylic acids is 1. The number of carboxylic acids is 1. The van der Waals surface area contributed by atoms with Gasteiger partial charge >= 0.3 is 5.97 Å². The first-order chi connectivity index (χ1) is 12.1. The first-order valence-corrected chi connectivity index (χ1v) is 9.96. The first-order valence-electron chi connectivity index (χ1n) is 9.09. The van der Waals surface area contributed by atoms with Crippen molar-refractivity contribution in [3.63, 3.8) is 0 Å². The number of anilines is 2. The highest BCUT2D eigenvalue weighted by molar-refractivity contribution is 7.17. The summed E-state index contributed by atoms with van der Waals surface area (Å²) in [7, 11) is 0. The van der Waals surface area contributed by atoms with Crippen LogP contribution >= 0.6 is 11.3 Å². The summed E-state index contributed by atoms with van der Waals surface area (Å²) in [6.07, 6.45) is 2.69. The zero-order valence-electron chi connectivity index (χ0n) is 14.3. The van der Waals surface area contributed by atoms with Crippen molar-refractivity contribution < 1.29 is 9.90 Å². The molecule has 3 aliphatic heterocycles. The Labute approximate surface area is 150 Å². The third-order valence-electron chi connectivity index (χ3n) is 6.29. The molecule has 0 amide bonds. The van der Waals surface area contributed by atoms with Gasteiger partial charge in [0.05, 0.1) is 10.2 Å². The van der Waals surface area contributed by atoms with Crippen molar-refractivity contribution in [2.75, 3.05) is 29.4 Å². The van der Waals surface area contributed by atoms with E-state index in [4.69, 9.17) is 15.1 Å². The molecular weight excluding hydrogens is 336 g/mol. The molecule has 4 aliphatic rings. The standard InChI is InChI=1S/C18H22N4O2S/c1-10-2-4-22(10)18-19-14-3-5-25-16(14)17(20-18)21-8-11-6-12(9-21)13(11)7-15(23)24/h3,5,10-13H,2,4,6-9H2,1H3,(H,23,24)/t10-,11-,12+,13-/m0/s1. The molecule has 0 radical (unpaired) electrons. The van der Waals surface area contributed by atoms with Crippen LogP contribution in [0.15, 0.2) is 11.4 Å². The normalized spacial score (nSPS) is 30.9. The van der Waals surface area contributed by atoms with Crippen LogP contribution in [0.1, 0.15) is 26.2 Å². The summed E-state index contributed by atoms with van der Waals surface area (Å²) in [6, 6.07) is 2.59. The minimum absolute atomic E-state index is 0.317. The number of aromatic nitrogens is 2. The molecule has 2 aromatic heterocycles. The molecule has 132 valence electrons. The highest BCUT2D eigenvalue weighted by Gasteiger charge is 2.48. The van der Waals surface area contributed by atoms with Gasteiger partial charge in [0, 0.05) is 32.1 Å². The number of nitrogens with zero attached hydrogens (tertiary/aromatic N) is 4. The van der Waals surface area contributed by atoms with E-state index >= 15 is 0 Å². The Balaban J connectivity index is 1.45. The molecule has 1 N–H and O–H groups in total. The summed E-state index contributed by atoms with van der Waals surface area (Å²) < 4.78 is 1.16. The average Bonchev–Trinajstić information content (AvgIpc) is 3.06. The first kappa shape index (κ1) is 15.4. The van der Waals surface area contributed by atoms with Crippen LogP contribution in [0.5, 0.6) is 0 Å². The van der Waals surface area contributed by atoms with E-state index in [0.29, 0.717) is 30.2 Å². The van der Waals surface area contributed by atoms with E-state index in [1.807, 2.05) is 0 Å². The number of hydrogen-bond acceptors (Lipinski definition) is 6. The number of fused-ring (bicyclic) bond motifs is 3. The van der Waals surface area contributed by atoms with Crippen LogP contribution in [0.3, 0.4) is 0 Å². The van der Waals surface area contributed by atoms with Crippen LogP contribution < -0.4 is 9.80 Å². The van der Waals surface area contributed by atoms with E-state index in [9.17, 15) is 4.79 Å². The lowest BCUT2D eigenvalue weighted by atomic mass is 9.60. The molecule has 6 rings (SSSR count). The maximum Gasteiger partial charge on any atom is 0.303 e. The van der Waals surface area contributed by atoms with Gasteiger partial charge < -0.3 is 14.9 Å². The number of carboxylic acid groups (broad SMARTS) is 1. The molecule has 4 fully saturated rings. The second kappa shape index (κ2) is 5.56. The zero-order valence-corrected chi connectivity index (χ0v) is 15.1. The maximum atomic E-state index is 11.1. The molecule has 2 aromatic rings. The topological polar surface area (TPSA) is 69.6 Å². The molecule has 0 aromatic carbocycles. The Morgan fingerprint density at radius 2 is 2.16 bits per heavy atom. The molecule has 4 atom stereocenters. The lowest BCUT2D eigenvalue weighted by Crippen LogP contribution is -2.56. The molecule has 7 heteroatoms. The largest absolute Gasteiger partial charge is 0.481 e. The maximum absolute atomic E-state index is 11.1. The number of piperidine rings is 2. The number of carbonyl (C=O) groups is 1. The van der Waals surface area contributed by atoms with Gasteiger partial charge in [-0.15, -0.1) is 11.3 Å². The highest BCUT2D eigenvalue weighted by Crippen LogP contribution is 2.49. The van der Waals surface area contributed by atoms with E-state index in [1.165, 1.54) is 12.8 Å². The quantitative estimate of drug-likeness (QED) is 0.906. The van der Waals surface area contributed by atoms with E-state index in [0.717, 1.165) is 41.6 Å². The summed E-state index contributed by atoms with van der Waals surface area (Å²) in [5.41, 5.74) is 1.03. The van der Waals surface area contributed by atoms with Gasteiger partial charge in [-0.2, -0.15) is 4.98 Å². The van der Waals surface area contributed by atoms with Gasteiger partial charge in [-0.05, 0) is 49.0 Å². The van der Waals surface area contributed by atoms with E-state index in [1.54, 1.807) is 11.3 Å². The summed E-state index contributed by atoms with van der Waals surface area (Å²) >= 11 is 1.70. The summed E-state index contributed by atoms with van der Waals surface area (Å²) in [5.74, 6) is 2.57. The van der Waals surface area contributed by atoms with E-state index in [-0.39, 0.29) is 0 Å². The van der Waals surface area contributed by atoms with Crippen molar-refractivity contribution in [2.45, 2.75) is 32.2 Å². The summed E-state index contributed by atoms with van der Waals surface area (Å²) in [4.78, 5) is 25.4. The molecule has 0 spiro atoms. The predicted octanol–water partition coefficient (Wildman–Crippen LogP) is 2.84.